The Morgan fingerprint density at radius 3 is 2.46 bits per heavy atom. The molecule has 24 heavy (non-hydrogen) atoms. The highest BCUT2D eigenvalue weighted by Crippen LogP contribution is 2.28. The number of fused-ring (bicyclic) bond motifs is 1. The molecular weight excluding hydrogens is 322 g/mol. The van der Waals surface area contributed by atoms with Gasteiger partial charge < -0.3 is 4.98 Å². The van der Waals surface area contributed by atoms with Crippen molar-refractivity contribution in [2.75, 3.05) is 4.72 Å². The Morgan fingerprint density at radius 2 is 1.79 bits per heavy atom. The number of sulfonamides is 1. The van der Waals surface area contributed by atoms with Crippen LogP contribution < -0.4 is 4.72 Å². The Kier molecular flexibility index (Phi) is 4.57. The molecule has 2 heterocycles. The van der Waals surface area contributed by atoms with Gasteiger partial charge >= 0.3 is 0 Å². The number of anilines is 1. The van der Waals surface area contributed by atoms with Crippen LogP contribution in [0.5, 0.6) is 0 Å². The van der Waals surface area contributed by atoms with Crippen molar-refractivity contribution >= 4 is 26.7 Å². The molecule has 0 aliphatic rings. The molecule has 2 N–H and O–H groups in total. The maximum atomic E-state index is 12.3. The number of aromatic amines is 1. The van der Waals surface area contributed by atoms with E-state index in [-0.39, 0.29) is 5.25 Å². The third kappa shape index (κ3) is 3.14. The van der Waals surface area contributed by atoms with Gasteiger partial charge in [0.15, 0.2) is 0 Å². The Hall–Kier alpha value is -2.34. The van der Waals surface area contributed by atoms with Crippen LogP contribution in [0.25, 0.3) is 22.2 Å². The lowest BCUT2D eigenvalue weighted by Crippen LogP contribution is -2.26. The minimum absolute atomic E-state index is 0.364. The van der Waals surface area contributed by atoms with Gasteiger partial charge in [-0.1, -0.05) is 26.0 Å². The largest absolute Gasteiger partial charge is 0.346 e. The summed E-state index contributed by atoms with van der Waals surface area (Å²) in [6, 6.07) is 11.4. The molecule has 3 rings (SSSR count). The summed E-state index contributed by atoms with van der Waals surface area (Å²) in [6.07, 6.45) is 4.83. The molecule has 0 saturated heterocycles. The lowest BCUT2D eigenvalue weighted by atomic mass is 10.0. The molecule has 126 valence electrons. The first-order valence-electron chi connectivity index (χ1n) is 8.09. The van der Waals surface area contributed by atoms with Crippen LogP contribution in [0.1, 0.15) is 26.7 Å². The highest BCUT2D eigenvalue weighted by atomic mass is 32.2. The molecule has 6 heteroatoms. The van der Waals surface area contributed by atoms with Crippen LogP contribution in [0.2, 0.25) is 0 Å². The lowest BCUT2D eigenvalue weighted by molar-refractivity contribution is 0.577. The van der Waals surface area contributed by atoms with Gasteiger partial charge in [0.05, 0.1) is 5.25 Å². The Bertz CT molecular complexity index is 926. The zero-order valence-electron chi connectivity index (χ0n) is 13.8. The maximum absolute atomic E-state index is 12.3. The number of hydrogen-bond donors (Lipinski definition) is 2. The molecule has 0 unspecified atom stereocenters. The molecule has 5 nitrogen and oxygen atoms in total. The highest BCUT2D eigenvalue weighted by molar-refractivity contribution is 7.93. The second-order valence-corrected chi connectivity index (χ2v) is 7.72. The van der Waals surface area contributed by atoms with Crippen LogP contribution >= 0.6 is 0 Å². The average molecular weight is 343 g/mol. The van der Waals surface area contributed by atoms with Gasteiger partial charge in [-0.05, 0) is 48.2 Å². The molecular formula is C18H21N3O2S. The van der Waals surface area contributed by atoms with Gasteiger partial charge in [-0.3, -0.25) is 4.72 Å². The monoisotopic (exact) mass is 343 g/mol. The Morgan fingerprint density at radius 1 is 1.08 bits per heavy atom. The van der Waals surface area contributed by atoms with Gasteiger partial charge in [0.1, 0.15) is 5.65 Å². The second kappa shape index (κ2) is 6.65. The van der Waals surface area contributed by atoms with Crippen molar-refractivity contribution in [3.63, 3.8) is 0 Å². The molecule has 3 aromatic rings. The molecule has 0 aliphatic carbocycles. The smallest absolute Gasteiger partial charge is 0.235 e. The van der Waals surface area contributed by atoms with Crippen molar-refractivity contribution < 1.29 is 8.42 Å². The Labute approximate surface area is 142 Å². The molecule has 0 spiro atoms. The fourth-order valence-electron chi connectivity index (χ4n) is 2.91. The summed E-state index contributed by atoms with van der Waals surface area (Å²) in [4.78, 5) is 7.38. The molecule has 0 radical (unpaired) electrons. The van der Waals surface area contributed by atoms with Gasteiger partial charge in [-0.15, -0.1) is 0 Å². The molecule has 0 bridgehead atoms. The number of pyridine rings is 1. The maximum Gasteiger partial charge on any atom is 0.235 e. The summed E-state index contributed by atoms with van der Waals surface area (Å²) in [6.45, 7) is 3.78. The number of aromatic nitrogens is 2. The summed E-state index contributed by atoms with van der Waals surface area (Å²) in [7, 11) is -3.34. The third-order valence-electron chi connectivity index (χ3n) is 4.27. The van der Waals surface area contributed by atoms with Crippen molar-refractivity contribution in [1.82, 2.24) is 9.97 Å². The Balaban J connectivity index is 1.88. The summed E-state index contributed by atoms with van der Waals surface area (Å²) >= 11 is 0. The number of hydrogen-bond acceptors (Lipinski definition) is 3. The molecule has 0 fully saturated rings. The first kappa shape index (κ1) is 16.5. The van der Waals surface area contributed by atoms with Crippen LogP contribution in [0, 0.1) is 0 Å². The summed E-state index contributed by atoms with van der Waals surface area (Å²) < 4.78 is 27.4. The van der Waals surface area contributed by atoms with Crippen molar-refractivity contribution in [2.24, 2.45) is 0 Å². The molecule has 0 aliphatic heterocycles. The van der Waals surface area contributed by atoms with E-state index in [1.54, 1.807) is 18.3 Å². The molecule has 0 saturated carbocycles. The van der Waals surface area contributed by atoms with Gasteiger partial charge in [-0.2, -0.15) is 0 Å². The van der Waals surface area contributed by atoms with Gasteiger partial charge in [0.25, 0.3) is 0 Å². The minimum atomic E-state index is -3.34. The quantitative estimate of drug-likeness (QED) is 0.705. The van der Waals surface area contributed by atoms with Crippen LogP contribution in [-0.4, -0.2) is 23.6 Å². The van der Waals surface area contributed by atoms with Gasteiger partial charge in [0.2, 0.25) is 10.0 Å². The van der Waals surface area contributed by atoms with E-state index in [2.05, 4.69) is 14.7 Å². The summed E-state index contributed by atoms with van der Waals surface area (Å²) in [5.41, 5.74) is 3.51. The van der Waals surface area contributed by atoms with E-state index in [0.717, 1.165) is 22.2 Å². The SMILES string of the molecule is CCC(CC)S(=O)(=O)Nc1ccc(-c2ccnc3[nH]ccc23)cc1. The topological polar surface area (TPSA) is 74.8 Å². The van der Waals surface area contributed by atoms with Gasteiger partial charge in [0, 0.05) is 23.5 Å². The first-order chi connectivity index (χ1) is 11.5. The molecule has 0 atom stereocenters. The highest BCUT2D eigenvalue weighted by Gasteiger charge is 2.21. The predicted octanol–water partition coefficient (Wildman–Crippen LogP) is 4.16. The zero-order chi connectivity index (χ0) is 17.2. The van der Waals surface area contributed by atoms with E-state index in [4.69, 9.17) is 0 Å². The molecule has 0 amide bonds. The predicted molar refractivity (Wildman–Crippen MR) is 98.4 cm³/mol. The van der Waals surface area contributed by atoms with Crippen LogP contribution in [0.3, 0.4) is 0 Å². The van der Waals surface area contributed by atoms with Crippen LogP contribution in [0.15, 0.2) is 48.8 Å². The standard InChI is InChI=1S/C18H21N3O2S/c1-3-15(4-2)24(22,23)21-14-7-5-13(6-8-14)16-9-11-19-18-17(16)10-12-20-18/h5-12,15,21H,3-4H2,1-2H3,(H,19,20). The van der Waals surface area contributed by atoms with E-state index in [1.807, 2.05) is 44.3 Å². The van der Waals surface area contributed by atoms with Crippen molar-refractivity contribution in [2.45, 2.75) is 31.9 Å². The zero-order valence-corrected chi connectivity index (χ0v) is 14.6. The van der Waals surface area contributed by atoms with Crippen molar-refractivity contribution in [3.8, 4) is 11.1 Å². The molecule has 2 aromatic heterocycles. The fraction of sp³-hybridized carbons (Fsp3) is 0.278. The number of nitrogens with zero attached hydrogens (tertiary/aromatic N) is 1. The number of nitrogens with one attached hydrogen (secondary N) is 2. The van der Waals surface area contributed by atoms with E-state index in [0.29, 0.717) is 18.5 Å². The summed E-state index contributed by atoms with van der Waals surface area (Å²) in [5, 5.41) is 0.680. The van der Waals surface area contributed by atoms with Crippen LogP contribution in [0.4, 0.5) is 5.69 Å². The van der Waals surface area contributed by atoms with E-state index < -0.39 is 10.0 Å². The van der Waals surface area contributed by atoms with Crippen molar-refractivity contribution in [1.29, 1.82) is 0 Å². The van der Waals surface area contributed by atoms with Crippen molar-refractivity contribution in [3.05, 3.63) is 48.8 Å². The lowest BCUT2D eigenvalue weighted by Gasteiger charge is -2.15. The number of benzene rings is 1. The van der Waals surface area contributed by atoms with Crippen LogP contribution in [-0.2, 0) is 10.0 Å². The number of H-pyrrole nitrogens is 1. The summed E-state index contributed by atoms with van der Waals surface area (Å²) in [5.74, 6) is 0. The average Bonchev–Trinajstić information content (AvgIpc) is 3.04. The van der Waals surface area contributed by atoms with E-state index in [9.17, 15) is 8.42 Å². The van der Waals surface area contributed by atoms with E-state index in [1.165, 1.54) is 0 Å². The molecule has 1 aromatic carbocycles. The van der Waals surface area contributed by atoms with Gasteiger partial charge in [-0.25, -0.2) is 13.4 Å². The normalized spacial score (nSPS) is 12.0. The second-order valence-electron chi connectivity index (χ2n) is 5.76. The fourth-order valence-corrected chi connectivity index (χ4v) is 4.41. The number of rotatable bonds is 6. The first-order valence-corrected chi connectivity index (χ1v) is 9.64. The third-order valence-corrected chi connectivity index (χ3v) is 6.33. The minimum Gasteiger partial charge on any atom is -0.346 e. The van der Waals surface area contributed by atoms with E-state index >= 15 is 0 Å².